The van der Waals surface area contributed by atoms with Crippen molar-refractivity contribution in [1.29, 1.82) is 0 Å². The van der Waals surface area contributed by atoms with Crippen molar-refractivity contribution in [3.8, 4) is 0 Å². The predicted molar refractivity (Wildman–Crippen MR) is 70.8 cm³/mol. The van der Waals surface area contributed by atoms with Crippen LogP contribution in [0.4, 0.5) is 0 Å². The molecule has 1 aliphatic heterocycles. The van der Waals surface area contributed by atoms with Crippen LogP contribution in [-0.4, -0.2) is 24.4 Å². The highest BCUT2D eigenvalue weighted by molar-refractivity contribution is 7.12. The highest BCUT2D eigenvalue weighted by atomic mass is 32.1. The number of aryl methyl sites for hydroxylation is 2. The molecule has 100 valence electrons. The number of aliphatic hydroxyl groups is 1. The molecule has 1 N–H and O–H groups in total. The summed E-state index contributed by atoms with van der Waals surface area (Å²) >= 11 is 1.87. The highest BCUT2D eigenvalue weighted by Gasteiger charge is 2.43. The molecule has 0 radical (unpaired) electrons. The number of hydrogen-bond acceptors (Lipinski definition) is 4. The Hall–Kier alpha value is -0.420. The van der Waals surface area contributed by atoms with E-state index in [0.29, 0.717) is 13.2 Å². The molecule has 0 bridgehead atoms. The van der Waals surface area contributed by atoms with Gasteiger partial charge < -0.3 is 14.6 Å². The summed E-state index contributed by atoms with van der Waals surface area (Å²) in [6, 6.07) is 2.24. The lowest BCUT2D eigenvalue weighted by Gasteiger charge is -2.31. The van der Waals surface area contributed by atoms with Gasteiger partial charge in [-0.1, -0.05) is 0 Å². The Labute approximate surface area is 112 Å². The zero-order chi connectivity index (χ0) is 12.6. The number of rotatable bonds is 3. The molecular weight excluding hydrogens is 248 g/mol. The molecule has 1 spiro atoms. The van der Waals surface area contributed by atoms with Gasteiger partial charge in [0.2, 0.25) is 0 Å². The molecule has 2 heterocycles. The molecule has 1 atom stereocenters. The first kappa shape index (κ1) is 12.6. The van der Waals surface area contributed by atoms with Crippen molar-refractivity contribution in [2.75, 3.05) is 13.2 Å². The average molecular weight is 268 g/mol. The Bertz CT molecular complexity index is 419. The molecule has 0 amide bonds. The Morgan fingerprint density at radius 1 is 1.44 bits per heavy atom. The normalized spacial score (nSPS) is 23.2. The molecule has 0 aromatic carbocycles. The highest BCUT2D eigenvalue weighted by Crippen LogP contribution is 2.45. The first-order chi connectivity index (χ1) is 8.70. The average Bonchev–Trinajstić information content (AvgIpc) is 2.95. The summed E-state index contributed by atoms with van der Waals surface area (Å²) < 4.78 is 11.8. The Morgan fingerprint density at radius 3 is 2.94 bits per heavy atom. The first-order valence-corrected chi connectivity index (χ1v) is 7.59. The van der Waals surface area contributed by atoms with Crippen molar-refractivity contribution in [3.63, 3.8) is 0 Å². The third-order valence-corrected chi connectivity index (χ3v) is 5.00. The number of thiophene rings is 1. The van der Waals surface area contributed by atoms with Crippen LogP contribution < -0.4 is 0 Å². The molecule has 1 aromatic rings. The molecule has 1 fully saturated rings. The van der Waals surface area contributed by atoms with E-state index in [1.54, 1.807) is 0 Å². The lowest BCUT2D eigenvalue weighted by Crippen LogP contribution is -2.30. The topological polar surface area (TPSA) is 38.7 Å². The van der Waals surface area contributed by atoms with Gasteiger partial charge in [0.05, 0.1) is 19.3 Å². The van der Waals surface area contributed by atoms with Gasteiger partial charge in [0.25, 0.3) is 0 Å². The largest absolute Gasteiger partial charge is 0.393 e. The smallest absolute Gasteiger partial charge is 0.196 e. The van der Waals surface area contributed by atoms with E-state index in [-0.39, 0.29) is 6.10 Å². The van der Waals surface area contributed by atoms with Gasteiger partial charge in [-0.25, -0.2) is 0 Å². The van der Waals surface area contributed by atoms with Gasteiger partial charge in [0.1, 0.15) is 0 Å². The second kappa shape index (κ2) is 4.93. The van der Waals surface area contributed by atoms with E-state index >= 15 is 0 Å². The van der Waals surface area contributed by atoms with E-state index in [2.05, 4.69) is 6.07 Å². The third-order valence-electron chi connectivity index (χ3n) is 3.74. The van der Waals surface area contributed by atoms with Crippen molar-refractivity contribution in [1.82, 2.24) is 0 Å². The Morgan fingerprint density at radius 2 is 2.22 bits per heavy atom. The van der Waals surface area contributed by atoms with Gasteiger partial charge in [-0.05, 0) is 38.7 Å². The molecule has 3 rings (SSSR count). The maximum absolute atomic E-state index is 9.38. The fourth-order valence-electron chi connectivity index (χ4n) is 2.84. The molecule has 1 aliphatic carbocycles. The Kier molecular flexibility index (Phi) is 3.45. The predicted octanol–water partition coefficient (Wildman–Crippen LogP) is 2.60. The Balaban J connectivity index is 1.84. The summed E-state index contributed by atoms with van der Waals surface area (Å²) in [5.74, 6) is -0.437. The number of fused-ring (bicyclic) bond motifs is 2. The monoisotopic (exact) mass is 268 g/mol. The van der Waals surface area contributed by atoms with Crippen molar-refractivity contribution in [2.45, 2.75) is 50.9 Å². The molecule has 4 heteroatoms. The number of aliphatic hydroxyl groups excluding tert-OH is 1. The minimum atomic E-state index is -0.437. The summed E-state index contributed by atoms with van der Waals surface area (Å²) in [5.41, 5.74) is 1.26. The molecule has 1 saturated heterocycles. The van der Waals surface area contributed by atoms with Gasteiger partial charge >= 0.3 is 0 Å². The fourth-order valence-corrected chi connectivity index (χ4v) is 4.12. The lowest BCUT2D eigenvalue weighted by molar-refractivity contribution is -0.175. The van der Waals surface area contributed by atoms with Crippen LogP contribution in [0.25, 0.3) is 0 Å². The summed E-state index contributed by atoms with van der Waals surface area (Å²) in [6.45, 7) is 3.26. The summed E-state index contributed by atoms with van der Waals surface area (Å²) in [4.78, 5) is 2.77. The van der Waals surface area contributed by atoms with Crippen LogP contribution in [0.15, 0.2) is 6.07 Å². The van der Waals surface area contributed by atoms with Crippen molar-refractivity contribution < 1.29 is 14.6 Å². The first-order valence-electron chi connectivity index (χ1n) is 6.78. The van der Waals surface area contributed by atoms with E-state index in [1.165, 1.54) is 15.3 Å². The van der Waals surface area contributed by atoms with E-state index in [0.717, 1.165) is 32.1 Å². The van der Waals surface area contributed by atoms with Crippen LogP contribution in [0, 0.1) is 0 Å². The van der Waals surface area contributed by atoms with Crippen LogP contribution in [0.5, 0.6) is 0 Å². The van der Waals surface area contributed by atoms with Gasteiger partial charge in [-0.15, -0.1) is 11.3 Å². The second-order valence-corrected chi connectivity index (χ2v) is 6.46. The quantitative estimate of drug-likeness (QED) is 0.916. The van der Waals surface area contributed by atoms with Crippen LogP contribution in [0.2, 0.25) is 0 Å². The fraction of sp³-hybridized carbons (Fsp3) is 0.714. The summed E-state index contributed by atoms with van der Waals surface area (Å²) in [5, 5.41) is 9.38. The SMILES string of the molecule is CC(O)CCc1cc2c(s1)CCCC21OCCO1. The molecule has 3 nitrogen and oxygen atoms in total. The summed E-state index contributed by atoms with van der Waals surface area (Å²) in [7, 11) is 0. The van der Waals surface area contributed by atoms with Gasteiger partial charge in [-0.3, -0.25) is 0 Å². The van der Waals surface area contributed by atoms with Gasteiger partial charge in [0.15, 0.2) is 5.79 Å². The van der Waals surface area contributed by atoms with E-state index in [9.17, 15) is 5.11 Å². The summed E-state index contributed by atoms with van der Waals surface area (Å²) in [6.07, 6.45) is 4.82. The van der Waals surface area contributed by atoms with Crippen LogP contribution >= 0.6 is 11.3 Å². The zero-order valence-electron chi connectivity index (χ0n) is 10.8. The molecule has 2 aliphatic rings. The van der Waals surface area contributed by atoms with E-state index in [1.807, 2.05) is 18.3 Å². The van der Waals surface area contributed by atoms with Crippen LogP contribution in [0.3, 0.4) is 0 Å². The molecule has 1 unspecified atom stereocenters. The number of ether oxygens (including phenoxy) is 2. The second-order valence-electron chi connectivity index (χ2n) is 5.24. The molecule has 1 aromatic heterocycles. The lowest BCUT2D eigenvalue weighted by atomic mass is 9.92. The van der Waals surface area contributed by atoms with Crippen LogP contribution in [-0.2, 0) is 28.1 Å². The maximum atomic E-state index is 9.38. The van der Waals surface area contributed by atoms with Crippen molar-refractivity contribution >= 4 is 11.3 Å². The molecule has 0 saturated carbocycles. The standard InChI is InChI=1S/C14H20O3S/c1-10(15)4-5-11-9-12-13(18-11)3-2-6-14(12)16-7-8-17-14/h9-10,15H,2-8H2,1H3. The minimum absolute atomic E-state index is 0.225. The van der Waals surface area contributed by atoms with Crippen molar-refractivity contribution in [3.05, 3.63) is 21.4 Å². The van der Waals surface area contributed by atoms with Crippen molar-refractivity contribution in [2.24, 2.45) is 0 Å². The third kappa shape index (κ3) is 2.23. The maximum Gasteiger partial charge on any atom is 0.196 e. The zero-order valence-corrected chi connectivity index (χ0v) is 11.6. The van der Waals surface area contributed by atoms with E-state index < -0.39 is 5.79 Å². The molecular formula is C14H20O3S. The van der Waals surface area contributed by atoms with E-state index in [4.69, 9.17) is 9.47 Å². The minimum Gasteiger partial charge on any atom is -0.393 e. The molecule has 18 heavy (non-hydrogen) atoms. The van der Waals surface area contributed by atoms with Gasteiger partial charge in [-0.2, -0.15) is 0 Å². The number of hydrogen-bond donors (Lipinski definition) is 1. The van der Waals surface area contributed by atoms with Crippen LogP contribution in [0.1, 0.15) is 41.5 Å². The van der Waals surface area contributed by atoms with Gasteiger partial charge in [0, 0.05) is 21.7 Å².